The van der Waals surface area contributed by atoms with Gasteiger partial charge in [-0.25, -0.2) is 4.39 Å². The quantitative estimate of drug-likeness (QED) is 0.868. The van der Waals surface area contributed by atoms with Crippen molar-refractivity contribution in [3.8, 4) is 0 Å². The van der Waals surface area contributed by atoms with Gasteiger partial charge in [-0.3, -0.25) is 10.1 Å². The van der Waals surface area contributed by atoms with Gasteiger partial charge in [0, 0.05) is 16.8 Å². The van der Waals surface area contributed by atoms with Crippen LogP contribution in [-0.2, 0) is 4.79 Å². The summed E-state index contributed by atoms with van der Waals surface area (Å²) < 4.78 is 12.8. The summed E-state index contributed by atoms with van der Waals surface area (Å²) in [5, 5.41) is 6.64. The summed E-state index contributed by atoms with van der Waals surface area (Å²) in [7, 11) is 0. The van der Waals surface area contributed by atoms with Crippen molar-refractivity contribution in [2.75, 3.05) is 5.32 Å². The number of hydrogen-bond donors (Lipinski definition) is 2. The second-order valence-corrected chi connectivity index (χ2v) is 5.59. The largest absolute Gasteiger partial charge is 0.325 e. The third kappa shape index (κ3) is 4.55. The Hall–Kier alpha value is -1.91. The molecule has 0 aliphatic rings. The average molecular weight is 321 g/mol. The van der Waals surface area contributed by atoms with Gasteiger partial charge in [0.2, 0.25) is 5.91 Å². The summed E-state index contributed by atoms with van der Waals surface area (Å²) in [6, 6.07) is 12.8. The average Bonchev–Trinajstić information content (AvgIpc) is 2.50. The Morgan fingerprint density at radius 3 is 2.23 bits per heavy atom. The molecule has 1 amide bonds. The number of carbonyl (C=O) groups is 1. The lowest BCUT2D eigenvalue weighted by Gasteiger charge is -2.20. The second kappa shape index (κ2) is 7.38. The first-order valence-corrected chi connectivity index (χ1v) is 7.41. The summed E-state index contributed by atoms with van der Waals surface area (Å²) in [6.45, 7) is 3.76. The third-order valence-electron chi connectivity index (χ3n) is 3.38. The highest BCUT2D eigenvalue weighted by molar-refractivity contribution is 6.30. The first-order valence-electron chi connectivity index (χ1n) is 7.03. The molecule has 0 aliphatic heterocycles. The zero-order valence-corrected chi connectivity index (χ0v) is 13.2. The molecule has 116 valence electrons. The van der Waals surface area contributed by atoms with E-state index in [1.165, 1.54) is 24.3 Å². The molecule has 0 aliphatic carbocycles. The molecule has 0 unspecified atom stereocenters. The number of halogens is 2. The third-order valence-corrected chi connectivity index (χ3v) is 3.63. The van der Waals surface area contributed by atoms with Gasteiger partial charge >= 0.3 is 0 Å². The zero-order valence-electron chi connectivity index (χ0n) is 12.4. The molecule has 3 nitrogen and oxygen atoms in total. The topological polar surface area (TPSA) is 41.1 Å². The molecule has 2 rings (SSSR count). The lowest BCUT2D eigenvalue weighted by atomic mass is 10.1. The lowest BCUT2D eigenvalue weighted by molar-refractivity contribution is -0.117. The molecular weight excluding hydrogens is 303 g/mol. The van der Waals surface area contributed by atoms with Gasteiger partial charge in [-0.2, -0.15) is 0 Å². The molecule has 22 heavy (non-hydrogen) atoms. The Balaban J connectivity index is 1.93. The standard InChI is InChI=1S/C17H18ClFN2O/c1-11(13-3-5-14(18)6-4-13)20-12(2)17(22)21-16-9-7-15(19)8-10-16/h3-12,20H,1-2H3,(H,21,22)/t11-,12+/m0/s1. The minimum Gasteiger partial charge on any atom is -0.325 e. The molecule has 0 saturated carbocycles. The number of hydrogen-bond acceptors (Lipinski definition) is 2. The molecule has 5 heteroatoms. The van der Waals surface area contributed by atoms with E-state index in [1.807, 2.05) is 31.2 Å². The van der Waals surface area contributed by atoms with Crippen LogP contribution in [0.15, 0.2) is 48.5 Å². The smallest absolute Gasteiger partial charge is 0.241 e. The van der Waals surface area contributed by atoms with Crippen molar-refractivity contribution < 1.29 is 9.18 Å². The Morgan fingerprint density at radius 2 is 1.64 bits per heavy atom. The number of amides is 1. The van der Waals surface area contributed by atoms with Crippen molar-refractivity contribution in [2.45, 2.75) is 25.9 Å². The fraction of sp³-hybridized carbons (Fsp3) is 0.235. The summed E-state index contributed by atoms with van der Waals surface area (Å²) in [6.07, 6.45) is 0. The lowest BCUT2D eigenvalue weighted by Crippen LogP contribution is -2.39. The predicted octanol–water partition coefficient (Wildman–Crippen LogP) is 4.16. The fourth-order valence-corrected chi connectivity index (χ4v) is 2.21. The molecule has 0 spiro atoms. The summed E-state index contributed by atoms with van der Waals surface area (Å²) in [5.41, 5.74) is 1.62. The Kier molecular flexibility index (Phi) is 5.52. The van der Waals surface area contributed by atoms with Crippen LogP contribution in [0.4, 0.5) is 10.1 Å². The van der Waals surface area contributed by atoms with Crippen LogP contribution >= 0.6 is 11.6 Å². The normalized spacial score (nSPS) is 13.5. The highest BCUT2D eigenvalue weighted by Gasteiger charge is 2.16. The van der Waals surface area contributed by atoms with Gasteiger partial charge < -0.3 is 5.32 Å². The summed E-state index contributed by atoms with van der Waals surface area (Å²) in [4.78, 5) is 12.1. The van der Waals surface area contributed by atoms with E-state index in [-0.39, 0.29) is 17.8 Å². The van der Waals surface area contributed by atoms with Gasteiger partial charge in [0.25, 0.3) is 0 Å². The molecule has 0 saturated heterocycles. The van der Waals surface area contributed by atoms with E-state index in [2.05, 4.69) is 10.6 Å². The number of nitrogens with one attached hydrogen (secondary N) is 2. The SMILES string of the molecule is C[C@H](N[C@H](C)C(=O)Nc1ccc(F)cc1)c1ccc(Cl)cc1. The summed E-state index contributed by atoms with van der Waals surface area (Å²) in [5.74, 6) is -0.507. The van der Waals surface area contributed by atoms with E-state index < -0.39 is 6.04 Å². The van der Waals surface area contributed by atoms with E-state index >= 15 is 0 Å². The van der Waals surface area contributed by atoms with Gasteiger partial charge in [0.05, 0.1) is 6.04 Å². The first-order chi connectivity index (χ1) is 10.5. The Labute approximate surface area is 134 Å². The van der Waals surface area contributed by atoms with Crippen LogP contribution in [-0.4, -0.2) is 11.9 Å². The second-order valence-electron chi connectivity index (χ2n) is 5.16. The Bertz CT molecular complexity index is 628. The fourth-order valence-electron chi connectivity index (χ4n) is 2.08. The monoisotopic (exact) mass is 320 g/mol. The first kappa shape index (κ1) is 16.5. The van der Waals surface area contributed by atoms with Gasteiger partial charge in [0.15, 0.2) is 0 Å². The van der Waals surface area contributed by atoms with Crippen LogP contribution in [0.25, 0.3) is 0 Å². The number of carbonyl (C=O) groups excluding carboxylic acids is 1. The molecule has 2 aromatic carbocycles. The maximum absolute atomic E-state index is 12.8. The van der Waals surface area contributed by atoms with Crippen molar-refractivity contribution in [1.82, 2.24) is 5.32 Å². The maximum atomic E-state index is 12.8. The van der Waals surface area contributed by atoms with Crippen LogP contribution < -0.4 is 10.6 Å². The van der Waals surface area contributed by atoms with Crippen LogP contribution in [0.3, 0.4) is 0 Å². The van der Waals surface area contributed by atoms with Crippen LogP contribution in [0, 0.1) is 5.82 Å². The maximum Gasteiger partial charge on any atom is 0.241 e. The van der Waals surface area contributed by atoms with Crippen molar-refractivity contribution in [2.24, 2.45) is 0 Å². The molecule has 2 aromatic rings. The van der Waals surface area contributed by atoms with Gasteiger partial charge in [-0.05, 0) is 55.8 Å². The van der Waals surface area contributed by atoms with Crippen molar-refractivity contribution >= 4 is 23.2 Å². The van der Waals surface area contributed by atoms with E-state index in [9.17, 15) is 9.18 Å². The molecule has 2 atom stereocenters. The van der Waals surface area contributed by atoms with E-state index in [0.29, 0.717) is 10.7 Å². The van der Waals surface area contributed by atoms with Gasteiger partial charge in [0.1, 0.15) is 5.82 Å². The minimum atomic E-state index is -0.393. The van der Waals surface area contributed by atoms with E-state index in [1.54, 1.807) is 6.92 Å². The number of benzene rings is 2. The van der Waals surface area contributed by atoms with Crippen molar-refractivity contribution in [3.05, 3.63) is 64.9 Å². The van der Waals surface area contributed by atoms with Crippen LogP contribution in [0.2, 0.25) is 5.02 Å². The van der Waals surface area contributed by atoms with Gasteiger partial charge in [-0.1, -0.05) is 23.7 Å². The zero-order chi connectivity index (χ0) is 16.1. The predicted molar refractivity (Wildman–Crippen MR) is 87.5 cm³/mol. The minimum absolute atomic E-state index is 0.00577. The van der Waals surface area contributed by atoms with E-state index in [0.717, 1.165) is 5.56 Å². The Morgan fingerprint density at radius 1 is 1.05 bits per heavy atom. The summed E-state index contributed by atoms with van der Waals surface area (Å²) >= 11 is 5.86. The molecule has 2 N–H and O–H groups in total. The van der Waals surface area contributed by atoms with E-state index in [4.69, 9.17) is 11.6 Å². The molecule has 0 radical (unpaired) electrons. The van der Waals surface area contributed by atoms with Gasteiger partial charge in [-0.15, -0.1) is 0 Å². The number of rotatable bonds is 5. The molecule has 0 aromatic heterocycles. The van der Waals surface area contributed by atoms with Crippen molar-refractivity contribution in [1.29, 1.82) is 0 Å². The molecule has 0 bridgehead atoms. The molecular formula is C17H18ClFN2O. The highest BCUT2D eigenvalue weighted by Crippen LogP contribution is 2.17. The van der Waals surface area contributed by atoms with Crippen LogP contribution in [0.1, 0.15) is 25.5 Å². The van der Waals surface area contributed by atoms with Crippen LogP contribution in [0.5, 0.6) is 0 Å². The molecule has 0 heterocycles. The highest BCUT2D eigenvalue weighted by atomic mass is 35.5. The van der Waals surface area contributed by atoms with Crippen molar-refractivity contribution in [3.63, 3.8) is 0 Å². The molecule has 0 fully saturated rings. The number of anilines is 1.